The van der Waals surface area contributed by atoms with Crippen LogP contribution in [0.15, 0.2) is 46.1 Å². The number of nitrogens with zero attached hydrogens (tertiary/aromatic N) is 2. The van der Waals surface area contributed by atoms with Gasteiger partial charge < -0.3 is 18.8 Å². The summed E-state index contributed by atoms with van der Waals surface area (Å²) in [6, 6.07) is 4.38. The Bertz CT molecular complexity index is 827. The van der Waals surface area contributed by atoms with Gasteiger partial charge in [-0.3, -0.25) is 4.79 Å². The van der Waals surface area contributed by atoms with Crippen LogP contribution in [0.1, 0.15) is 5.76 Å². The molecule has 0 amide bonds. The van der Waals surface area contributed by atoms with Crippen LogP contribution in [0.4, 0.5) is 0 Å². The van der Waals surface area contributed by atoms with Crippen molar-refractivity contribution >= 4 is 23.4 Å². The molecule has 7 heteroatoms. The second-order valence-corrected chi connectivity index (χ2v) is 4.69. The number of hydrogen-bond donors (Lipinski definition) is 1. The van der Waals surface area contributed by atoms with Gasteiger partial charge in [0.05, 0.1) is 12.9 Å². The van der Waals surface area contributed by atoms with Gasteiger partial charge in [-0.05, 0) is 6.92 Å². The maximum absolute atomic E-state index is 11.8. The van der Waals surface area contributed by atoms with Crippen LogP contribution in [0.5, 0.6) is 11.5 Å². The number of halogens is 1. The lowest BCUT2D eigenvalue weighted by Gasteiger charge is -2.09. The summed E-state index contributed by atoms with van der Waals surface area (Å²) in [5.41, 5.74) is 0.0499. The zero-order valence-electron chi connectivity index (χ0n) is 11.9. The van der Waals surface area contributed by atoms with Crippen molar-refractivity contribution in [1.82, 2.24) is 9.55 Å². The highest BCUT2D eigenvalue weighted by atomic mass is 35.5. The predicted molar refractivity (Wildman–Crippen MR) is 83.9 cm³/mol. The molecule has 0 aliphatic carbocycles. The first-order chi connectivity index (χ1) is 10.1. The fraction of sp³-hybridized carbons (Fsp3) is 0.200. The summed E-state index contributed by atoms with van der Waals surface area (Å²) in [4.78, 5) is 15.8. The molecule has 0 aliphatic heterocycles. The Kier molecular flexibility index (Phi) is 4.72. The lowest BCUT2D eigenvalue weighted by atomic mass is 10.2. The quantitative estimate of drug-likeness (QED) is 0.798. The Labute approximate surface area is 132 Å². The number of hydrogen-bond acceptors (Lipinski definition) is 5. The van der Waals surface area contributed by atoms with Crippen LogP contribution in [0.2, 0.25) is 0 Å². The number of imidazole rings is 1. The Hall–Kier alpha value is -2.47. The van der Waals surface area contributed by atoms with Crippen LogP contribution in [-0.4, -0.2) is 21.3 Å². The summed E-state index contributed by atoms with van der Waals surface area (Å²) < 4.78 is 12.9. The lowest BCUT2D eigenvalue weighted by Crippen LogP contribution is -2.07. The van der Waals surface area contributed by atoms with Crippen molar-refractivity contribution in [1.29, 1.82) is 0 Å². The summed E-state index contributed by atoms with van der Waals surface area (Å²) in [5, 5.41) is 10.1. The van der Waals surface area contributed by atoms with E-state index in [1.807, 2.05) is 10.8 Å². The maximum atomic E-state index is 11.8. The first-order valence-electron chi connectivity index (χ1n) is 6.49. The average molecular weight is 323 g/mol. The SMILES string of the molecule is Cc1cc(=O)c2c(O)cc(OCCn3ccnc3)cc2o1.Cl. The van der Waals surface area contributed by atoms with Crippen molar-refractivity contribution in [3.63, 3.8) is 0 Å². The van der Waals surface area contributed by atoms with E-state index in [9.17, 15) is 9.90 Å². The third kappa shape index (κ3) is 3.23. The van der Waals surface area contributed by atoms with Crippen molar-refractivity contribution in [2.45, 2.75) is 13.5 Å². The second kappa shape index (κ2) is 6.53. The molecule has 0 fully saturated rings. The van der Waals surface area contributed by atoms with Crippen LogP contribution in [0, 0.1) is 6.92 Å². The van der Waals surface area contributed by atoms with Crippen LogP contribution in [0.3, 0.4) is 0 Å². The predicted octanol–water partition coefficient (Wildman–Crippen LogP) is 2.50. The van der Waals surface area contributed by atoms with E-state index in [0.29, 0.717) is 30.2 Å². The lowest BCUT2D eigenvalue weighted by molar-refractivity contribution is 0.297. The van der Waals surface area contributed by atoms with Gasteiger partial charge in [0, 0.05) is 30.6 Å². The highest BCUT2D eigenvalue weighted by Gasteiger charge is 2.10. The summed E-state index contributed by atoms with van der Waals surface area (Å²) in [6.07, 6.45) is 5.23. The molecule has 2 heterocycles. The molecular weight excluding hydrogens is 308 g/mol. The van der Waals surface area contributed by atoms with Crippen LogP contribution >= 0.6 is 12.4 Å². The van der Waals surface area contributed by atoms with Crippen LogP contribution in [-0.2, 0) is 6.54 Å². The number of phenolic OH excluding ortho intramolecular Hbond substituents is 1. The van der Waals surface area contributed by atoms with Gasteiger partial charge in [0.1, 0.15) is 34.8 Å². The van der Waals surface area contributed by atoms with E-state index in [1.165, 1.54) is 12.1 Å². The third-order valence-electron chi connectivity index (χ3n) is 3.08. The van der Waals surface area contributed by atoms with E-state index in [0.717, 1.165) is 0 Å². The van der Waals surface area contributed by atoms with E-state index in [-0.39, 0.29) is 29.0 Å². The summed E-state index contributed by atoms with van der Waals surface area (Å²) >= 11 is 0. The number of benzene rings is 1. The first-order valence-corrected chi connectivity index (χ1v) is 6.49. The molecule has 116 valence electrons. The fourth-order valence-corrected chi connectivity index (χ4v) is 2.14. The molecule has 0 atom stereocenters. The first kappa shape index (κ1) is 15.9. The topological polar surface area (TPSA) is 77.5 Å². The smallest absolute Gasteiger partial charge is 0.196 e. The molecule has 0 spiro atoms. The van der Waals surface area contributed by atoms with Gasteiger partial charge in [-0.25, -0.2) is 4.98 Å². The Balaban J connectivity index is 0.00000176. The molecule has 0 bridgehead atoms. The molecule has 0 radical (unpaired) electrons. The average Bonchev–Trinajstić information content (AvgIpc) is 2.90. The fourth-order valence-electron chi connectivity index (χ4n) is 2.14. The molecule has 1 aromatic carbocycles. The van der Waals surface area contributed by atoms with Gasteiger partial charge in [-0.1, -0.05) is 0 Å². The van der Waals surface area contributed by atoms with Crippen molar-refractivity contribution < 1.29 is 14.3 Å². The van der Waals surface area contributed by atoms with Gasteiger partial charge in [0.15, 0.2) is 5.43 Å². The molecule has 1 N–H and O–H groups in total. The molecule has 0 saturated heterocycles. The number of phenols is 1. The minimum atomic E-state index is -0.267. The minimum absolute atomic E-state index is 0. The van der Waals surface area contributed by atoms with E-state index in [1.54, 1.807) is 25.5 Å². The van der Waals surface area contributed by atoms with E-state index in [2.05, 4.69) is 4.98 Å². The van der Waals surface area contributed by atoms with Gasteiger partial charge in [0.25, 0.3) is 0 Å². The van der Waals surface area contributed by atoms with Crippen molar-refractivity contribution in [3.05, 3.63) is 52.9 Å². The summed E-state index contributed by atoms with van der Waals surface area (Å²) in [5.74, 6) is 0.801. The standard InChI is InChI=1S/C15H14N2O4.ClH/c1-10-6-12(18)15-13(19)7-11(8-14(15)21-10)20-5-4-17-3-2-16-9-17;/h2-3,6-9,19H,4-5H2,1H3;1H. The number of aromatic nitrogens is 2. The second-order valence-electron chi connectivity index (χ2n) is 4.69. The molecule has 0 saturated carbocycles. The van der Waals surface area contributed by atoms with E-state index in [4.69, 9.17) is 9.15 Å². The third-order valence-corrected chi connectivity index (χ3v) is 3.08. The zero-order valence-corrected chi connectivity index (χ0v) is 12.7. The van der Waals surface area contributed by atoms with Crippen LogP contribution in [0.25, 0.3) is 11.0 Å². The van der Waals surface area contributed by atoms with Crippen molar-refractivity contribution in [3.8, 4) is 11.5 Å². The number of ether oxygens (including phenoxy) is 1. The normalized spacial score (nSPS) is 10.4. The molecular formula is C15H15ClN2O4. The van der Waals surface area contributed by atoms with Gasteiger partial charge >= 0.3 is 0 Å². The maximum Gasteiger partial charge on any atom is 0.196 e. The van der Waals surface area contributed by atoms with Gasteiger partial charge in [-0.15, -0.1) is 12.4 Å². The monoisotopic (exact) mass is 322 g/mol. The van der Waals surface area contributed by atoms with Crippen molar-refractivity contribution in [2.24, 2.45) is 0 Å². The zero-order chi connectivity index (χ0) is 14.8. The van der Waals surface area contributed by atoms with E-state index >= 15 is 0 Å². The Morgan fingerprint density at radius 3 is 2.91 bits per heavy atom. The Morgan fingerprint density at radius 1 is 1.36 bits per heavy atom. The molecule has 0 unspecified atom stereocenters. The van der Waals surface area contributed by atoms with E-state index < -0.39 is 0 Å². The largest absolute Gasteiger partial charge is 0.507 e. The molecule has 3 rings (SSSR count). The Morgan fingerprint density at radius 2 is 2.18 bits per heavy atom. The van der Waals surface area contributed by atoms with Gasteiger partial charge in [-0.2, -0.15) is 0 Å². The van der Waals surface area contributed by atoms with Gasteiger partial charge in [0.2, 0.25) is 0 Å². The molecule has 22 heavy (non-hydrogen) atoms. The number of aromatic hydroxyl groups is 1. The number of rotatable bonds is 4. The summed E-state index contributed by atoms with van der Waals surface area (Å²) in [6.45, 7) is 2.73. The minimum Gasteiger partial charge on any atom is -0.507 e. The molecule has 6 nitrogen and oxygen atoms in total. The molecule has 2 aromatic heterocycles. The highest BCUT2D eigenvalue weighted by Crippen LogP contribution is 2.28. The molecule has 3 aromatic rings. The highest BCUT2D eigenvalue weighted by molar-refractivity contribution is 5.85. The number of fused-ring (bicyclic) bond motifs is 1. The number of aryl methyl sites for hydroxylation is 1. The summed E-state index contributed by atoms with van der Waals surface area (Å²) in [7, 11) is 0. The van der Waals surface area contributed by atoms with Crippen LogP contribution < -0.4 is 10.2 Å². The molecule has 0 aliphatic rings. The van der Waals surface area contributed by atoms with Crippen molar-refractivity contribution in [2.75, 3.05) is 6.61 Å².